The lowest BCUT2D eigenvalue weighted by Crippen LogP contribution is -3.00. The minimum atomic E-state index is -0.627. The summed E-state index contributed by atoms with van der Waals surface area (Å²) in [5, 5.41) is 1.80. The second kappa shape index (κ2) is 10.3. The highest BCUT2D eigenvalue weighted by Crippen LogP contribution is 2.43. The Kier molecular flexibility index (Phi) is 8.14. The zero-order valence-corrected chi connectivity index (χ0v) is 20.5. The maximum Gasteiger partial charge on any atom is 0.214 e. The molecule has 0 spiro atoms. The van der Waals surface area contributed by atoms with Gasteiger partial charge in [0.05, 0.1) is 36.7 Å². The zero-order valence-electron chi connectivity index (χ0n) is 18.9. The van der Waals surface area contributed by atoms with E-state index in [1.807, 2.05) is 49.5 Å². The fourth-order valence-corrected chi connectivity index (χ4v) is 4.17. The molecule has 6 nitrogen and oxygen atoms in total. The van der Waals surface area contributed by atoms with E-state index in [2.05, 4.69) is 10.6 Å². The number of para-hydroxylation sites is 1. The number of nitrogen functional groups attached to an aromatic ring is 1. The number of carbonyl (C=O) groups is 1. The highest BCUT2D eigenvalue weighted by Gasteiger charge is 2.27. The van der Waals surface area contributed by atoms with E-state index in [1.54, 1.807) is 27.2 Å². The van der Waals surface area contributed by atoms with E-state index in [0.29, 0.717) is 22.7 Å². The number of halogens is 2. The van der Waals surface area contributed by atoms with E-state index in [4.69, 9.17) is 20.9 Å². The Morgan fingerprint density at radius 3 is 2.24 bits per heavy atom. The van der Waals surface area contributed by atoms with Crippen LogP contribution in [0, 0.1) is 0 Å². The van der Waals surface area contributed by atoms with Gasteiger partial charge in [0.1, 0.15) is 18.5 Å². The zero-order chi connectivity index (χ0) is 22.3. The van der Waals surface area contributed by atoms with Gasteiger partial charge in [-0.25, -0.2) is 0 Å². The van der Waals surface area contributed by atoms with E-state index in [0.717, 1.165) is 32.9 Å². The Balaban J connectivity index is 0.00000193. The lowest BCUT2D eigenvalue weighted by Gasteiger charge is -2.18. The Hall–Kier alpha value is -3.06. The van der Waals surface area contributed by atoms with Gasteiger partial charge in [-0.1, -0.05) is 24.3 Å². The number of nitrogens with zero attached hydrogens (tertiary/aromatic N) is 1. The van der Waals surface area contributed by atoms with Crippen LogP contribution in [-0.4, -0.2) is 26.0 Å². The monoisotopic (exact) mass is 487 g/mol. The summed E-state index contributed by atoms with van der Waals surface area (Å²) in [6.07, 6.45) is 0. The van der Waals surface area contributed by atoms with Crippen LogP contribution in [-0.2, 0) is 7.05 Å². The summed E-state index contributed by atoms with van der Waals surface area (Å²) in [5.41, 5.74) is 16.8. The highest BCUT2D eigenvalue weighted by molar-refractivity contribution is 6.18. The number of ether oxygens (including phenoxy) is 2. The molecule has 0 aliphatic heterocycles. The standard InChI is InChI=1S/C25H25N3O3.2ClH/c1-14(26)25(29)16-9-7-11-20-24(16)23(15-8-5-6-10-19(15)28(20)2)17-12-22(31-4)18(27)13-21(17)30-3;;/h5-14,27H,26H2,1-4H3;2*1H/t14-;;/m0../s1. The average molecular weight is 488 g/mol. The van der Waals surface area contributed by atoms with Crippen molar-refractivity contribution < 1.29 is 31.2 Å². The third-order valence-corrected chi connectivity index (χ3v) is 5.69. The number of methoxy groups -OCH3 is 2. The number of Topliss-reactive ketones (excluding diaryl/α,β-unsaturated/α-hetero) is 1. The molecule has 0 saturated heterocycles. The number of aromatic nitrogens is 1. The molecular weight excluding hydrogens is 461 g/mol. The van der Waals surface area contributed by atoms with Crippen LogP contribution < -0.4 is 37.9 Å². The second-order valence-corrected chi connectivity index (χ2v) is 7.60. The minimum absolute atomic E-state index is 0. The molecule has 174 valence electrons. The van der Waals surface area contributed by atoms with E-state index in [9.17, 15) is 4.79 Å². The van der Waals surface area contributed by atoms with Gasteiger partial charge in [0.2, 0.25) is 11.0 Å². The number of ketones is 1. The van der Waals surface area contributed by atoms with Crippen LogP contribution in [0.1, 0.15) is 17.3 Å². The van der Waals surface area contributed by atoms with Crippen molar-refractivity contribution in [1.82, 2.24) is 0 Å². The van der Waals surface area contributed by atoms with Gasteiger partial charge >= 0.3 is 0 Å². The summed E-state index contributed by atoms with van der Waals surface area (Å²) in [6.45, 7) is 1.70. The molecule has 33 heavy (non-hydrogen) atoms. The van der Waals surface area contributed by atoms with Crippen LogP contribution in [0.4, 0.5) is 5.69 Å². The molecule has 0 amide bonds. The maximum absolute atomic E-state index is 13.1. The quantitative estimate of drug-likeness (QED) is 0.190. The fraction of sp³-hybridized carbons (Fsp3) is 0.200. The van der Waals surface area contributed by atoms with Crippen molar-refractivity contribution in [2.24, 2.45) is 12.8 Å². The van der Waals surface area contributed by atoms with Crippen molar-refractivity contribution in [3.63, 3.8) is 0 Å². The van der Waals surface area contributed by atoms with Crippen molar-refractivity contribution in [1.29, 1.82) is 0 Å². The van der Waals surface area contributed by atoms with Crippen LogP contribution >= 0.6 is 12.4 Å². The summed E-state index contributed by atoms with van der Waals surface area (Å²) < 4.78 is 13.3. The highest BCUT2D eigenvalue weighted by atomic mass is 35.5. The van der Waals surface area contributed by atoms with Crippen LogP contribution in [0.5, 0.6) is 11.5 Å². The number of fused-ring (bicyclic) bond motifs is 2. The Morgan fingerprint density at radius 1 is 0.970 bits per heavy atom. The first-order valence-corrected chi connectivity index (χ1v) is 10.0. The van der Waals surface area contributed by atoms with E-state index in [-0.39, 0.29) is 30.6 Å². The summed E-state index contributed by atoms with van der Waals surface area (Å²) >= 11 is 0. The largest absolute Gasteiger partial charge is 1.00 e. The molecule has 0 unspecified atom stereocenters. The number of hydrogen-bond donors (Lipinski definition) is 2. The van der Waals surface area contributed by atoms with Gasteiger partial charge in [0.15, 0.2) is 5.78 Å². The van der Waals surface area contributed by atoms with Crippen molar-refractivity contribution in [3.05, 3.63) is 60.2 Å². The topological polar surface area (TPSA) is 91.5 Å². The first kappa shape index (κ1) is 26.2. The third-order valence-electron chi connectivity index (χ3n) is 5.69. The van der Waals surface area contributed by atoms with Crippen molar-refractivity contribution in [3.8, 4) is 22.6 Å². The van der Waals surface area contributed by atoms with Crippen molar-refractivity contribution >= 4 is 45.7 Å². The molecule has 0 fully saturated rings. The van der Waals surface area contributed by atoms with Crippen LogP contribution in [0.25, 0.3) is 32.9 Å². The van der Waals surface area contributed by atoms with Gasteiger partial charge in [0, 0.05) is 34.9 Å². The summed E-state index contributed by atoms with van der Waals surface area (Å²) in [4.78, 5) is 13.1. The number of pyridine rings is 1. The molecule has 4 rings (SSSR count). The second-order valence-electron chi connectivity index (χ2n) is 7.60. The third kappa shape index (κ3) is 4.29. The maximum atomic E-state index is 13.1. The van der Waals surface area contributed by atoms with Gasteiger partial charge in [-0.15, -0.1) is 12.4 Å². The summed E-state index contributed by atoms with van der Waals surface area (Å²) in [5.74, 6) is 1.02. The first-order chi connectivity index (χ1) is 14.9. The summed E-state index contributed by atoms with van der Waals surface area (Å²) in [6, 6.07) is 16.8. The number of anilines is 1. The van der Waals surface area contributed by atoms with Crippen LogP contribution in [0.3, 0.4) is 0 Å². The van der Waals surface area contributed by atoms with Gasteiger partial charge in [0.25, 0.3) is 0 Å². The first-order valence-electron chi connectivity index (χ1n) is 10.0. The SMILES string of the molecule is COc1cc(-c2c3ccccc3[n+](C)c3cccc(C(=O)[C@H](C)N)c23)c(OC)cc1N.Cl.[Cl-]. The van der Waals surface area contributed by atoms with E-state index >= 15 is 0 Å². The number of carbonyl (C=O) groups excluding carboxylic acids is 1. The molecule has 1 heterocycles. The molecule has 3 aromatic carbocycles. The molecule has 0 radical (unpaired) electrons. The summed E-state index contributed by atoms with van der Waals surface area (Å²) in [7, 11) is 5.18. The molecule has 0 aliphatic rings. The normalized spacial score (nSPS) is 11.4. The minimum Gasteiger partial charge on any atom is -1.00 e. The lowest BCUT2D eigenvalue weighted by molar-refractivity contribution is -0.617. The Morgan fingerprint density at radius 2 is 1.61 bits per heavy atom. The Labute approximate surface area is 205 Å². The molecular formula is C25H27Cl2N3O3. The van der Waals surface area contributed by atoms with E-state index in [1.165, 1.54) is 0 Å². The number of rotatable bonds is 5. The molecule has 0 saturated carbocycles. The van der Waals surface area contributed by atoms with Gasteiger partial charge in [-0.2, -0.15) is 4.57 Å². The fourth-order valence-electron chi connectivity index (χ4n) is 4.17. The van der Waals surface area contributed by atoms with Gasteiger partial charge < -0.3 is 33.3 Å². The molecule has 1 aromatic heterocycles. The van der Waals surface area contributed by atoms with Gasteiger partial charge in [-0.05, 0) is 19.1 Å². The molecule has 4 aromatic rings. The lowest BCUT2D eigenvalue weighted by atomic mass is 9.90. The van der Waals surface area contributed by atoms with Crippen LogP contribution in [0.2, 0.25) is 0 Å². The predicted octanol–water partition coefficient (Wildman–Crippen LogP) is 1.04. The van der Waals surface area contributed by atoms with Crippen LogP contribution in [0.15, 0.2) is 54.6 Å². The number of aryl methyl sites for hydroxylation is 1. The molecule has 1 atom stereocenters. The number of benzene rings is 3. The average Bonchev–Trinajstić information content (AvgIpc) is 2.78. The molecule has 8 heteroatoms. The van der Waals surface area contributed by atoms with Gasteiger partial charge in [-0.3, -0.25) is 4.79 Å². The Bertz CT molecular complexity index is 1340. The number of hydrogen-bond acceptors (Lipinski definition) is 5. The predicted molar refractivity (Wildman–Crippen MR) is 131 cm³/mol. The molecule has 4 N–H and O–H groups in total. The number of nitrogens with two attached hydrogens (primary N) is 2. The van der Waals surface area contributed by atoms with E-state index < -0.39 is 6.04 Å². The molecule has 0 aliphatic carbocycles. The van der Waals surface area contributed by atoms with Crippen molar-refractivity contribution in [2.75, 3.05) is 20.0 Å². The van der Waals surface area contributed by atoms with Crippen molar-refractivity contribution in [2.45, 2.75) is 13.0 Å². The smallest absolute Gasteiger partial charge is 0.214 e. The molecule has 0 bridgehead atoms.